The van der Waals surface area contributed by atoms with E-state index in [1.165, 1.54) is 36.0 Å². The van der Waals surface area contributed by atoms with Crippen LogP contribution in [-0.4, -0.2) is 36.1 Å². The van der Waals surface area contributed by atoms with Gasteiger partial charge in [-0.3, -0.25) is 0 Å². The first kappa shape index (κ1) is 16.3. The molecule has 1 atom stereocenters. The average molecular weight is 337 g/mol. The molecule has 25 heavy (non-hydrogen) atoms. The summed E-state index contributed by atoms with van der Waals surface area (Å²) < 4.78 is 0. The van der Waals surface area contributed by atoms with Gasteiger partial charge >= 0.3 is 0 Å². The van der Waals surface area contributed by atoms with Crippen LogP contribution in [0.1, 0.15) is 36.8 Å². The number of fused-ring (bicyclic) bond motifs is 3. The van der Waals surface area contributed by atoms with Gasteiger partial charge in [0.05, 0.1) is 5.69 Å². The number of anilines is 2. The summed E-state index contributed by atoms with van der Waals surface area (Å²) in [5.41, 5.74) is 11.1. The monoisotopic (exact) mass is 337 g/mol. The zero-order valence-electron chi connectivity index (χ0n) is 15.0. The van der Waals surface area contributed by atoms with E-state index in [0.29, 0.717) is 12.0 Å². The van der Waals surface area contributed by atoms with E-state index in [1.807, 2.05) is 7.05 Å². The Morgan fingerprint density at radius 3 is 2.80 bits per heavy atom. The molecule has 2 aromatic rings. The van der Waals surface area contributed by atoms with Crippen molar-refractivity contribution in [1.82, 2.24) is 15.3 Å². The van der Waals surface area contributed by atoms with E-state index >= 15 is 0 Å². The largest absolute Gasteiger partial charge is 0.368 e. The Morgan fingerprint density at radius 1 is 1.12 bits per heavy atom. The Bertz CT molecular complexity index is 758. The minimum atomic E-state index is 0.385. The number of rotatable bonds is 2. The summed E-state index contributed by atoms with van der Waals surface area (Å²) in [6.07, 6.45) is 6.95. The SMILES string of the molecule is CN[C@@H]1CCN(c2nc(N)nc3c2CCCCCc2ccccc2-3)C1. The van der Waals surface area contributed by atoms with Crippen LogP contribution in [0.15, 0.2) is 24.3 Å². The lowest BCUT2D eigenvalue weighted by atomic mass is 9.97. The molecule has 0 radical (unpaired) electrons. The molecule has 1 aromatic carbocycles. The number of nitrogens with one attached hydrogen (secondary N) is 1. The van der Waals surface area contributed by atoms with Crippen molar-refractivity contribution < 1.29 is 0 Å². The third-order valence-electron chi connectivity index (χ3n) is 5.54. The number of nitrogens with zero attached hydrogens (tertiary/aromatic N) is 3. The molecule has 1 saturated heterocycles. The number of nitrogen functional groups attached to an aromatic ring is 1. The molecule has 3 N–H and O–H groups in total. The second-order valence-corrected chi connectivity index (χ2v) is 7.17. The number of likely N-dealkylation sites (N-methyl/N-ethyl adjacent to an activating group) is 1. The fourth-order valence-electron chi connectivity index (χ4n) is 4.16. The van der Waals surface area contributed by atoms with Gasteiger partial charge in [-0.05, 0) is 44.7 Å². The van der Waals surface area contributed by atoms with Crippen molar-refractivity contribution in [1.29, 1.82) is 0 Å². The van der Waals surface area contributed by atoms with Crippen LogP contribution >= 0.6 is 0 Å². The minimum Gasteiger partial charge on any atom is -0.368 e. The quantitative estimate of drug-likeness (QED) is 0.882. The molecule has 1 aromatic heterocycles. The molecule has 2 heterocycles. The van der Waals surface area contributed by atoms with Crippen molar-refractivity contribution in [3.05, 3.63) is 35.4 Å². The van der Waals surface area contributed by atoms with Crippen molar-refractivity contribution in [2.75, 3.05) is 30.8 Å². The van der Waals surface area contributed by atoms with Crippen molar-refractivity contribution in [2.24, 2.45) is 0 Å². The van der Waals surface area contributed by atoms with Crippen molar-refractivity contribution in [2.45, 2.75) is 44.6 Å². The molecule has 5 heteroatoms. The number of benzene rings is 1. The van der Waals surface area contributed by atoms with Crippen molar-refractivity contribution in [3.63, 3.8) is 0 Å². The maximum atomic E-state index is 6.14. The van der Waals surface area contributed by atoms with E-state index in [0.717, 1.165) is 43.9 Å². The van der Waals surface area contributed by atoms with Crippen LogP contribution in [0.2, 0.25) is 0 Å². The first-order valence-electron chi connectivity index (χ1n) is 9.43. The predicted octanol–water partition coefficient (Wildman–Crippen LogP) is 2.79. The molecule has 132 valence electrons. The first-order chi connectivity index (χ1) is 12.3. The number of aryl methyl sites for hydroxylation is 1. The van der Waals surface area contributed by atoms with Crippen LogP contribution in [0.4, 0.5) is 11.8 Å². The standard InChI is InChI=1S/C20H27N5/c1-22-15-11-12-25(13-15)19-17-10-4-2-3-7-14-8-5-6-9-16(14)18(17)23-20(21)24-19/h5-6,8-9,15,22H,2-4,7,10-13H2,1H3,(H2,21,23,24)/t15-/m1/s1. The molecule has 0 saturated carbocycles. The van der Waals surface area contributed by atoms with E-state index in [1.54, 1.807) is 0 Å². The highest BCUT2D eigenvalue weighted by Gasteiger charge is 2.27. The molecule has 1 aliphatic carbocycles. The molecule has 2 aliphatic rings. The third-order valence-corrected chi connectivity index (χ3v) is 5.54. The smallest absolute Gasteiger partial charge is 0.222 e. The topological polar surface area (TPSA) is 67.1 Å². The molecule has 5 nitrogen and oxygen atoms in total. The molecule has 4 rings (SSSR count). The van der Waals surface area contributed by atoms with Gasteiger partial charge in [0.1, 0.15) is 5.82 Å². The second kappa shape index (κ2) is 7.00. The normalized spacial score (nSPS) is 20.4. The van der Waals surface area contributed by atoms with Gasteiger partial charge in [0.15, 0.2) is 0 Å². The van der Waals surface area contributed by atoms with Crippen LogP contribution in [-0.2, 0) is 12.8 Å². The van der Waals surface area contributed by atoms with Gasteiger partial charge < -0.3 is 16.0 Å². The molecule has 0 bridgehead atoms. The van der Waals surface area contributed by atoms with Crippen LogP contribution in [0, 0.1) is 0 Å². The number of aromatic nitrogens is 2. The van der Waals surface area contributed by atoms with E-state index in [2.05, 4.69) is 39.5 Å². The highest BCUT2D eigenvalue weighted by molar-refractivity contribution is 5.73. The maximum Gasteiger partial charge on any atom is 0.222 e. The lowest BCUT2D eigenvalue weighted by Gasteiger charge is -2.23. The zero-order chi connectivity index (χ0) is 17.2. The van der Waals surface area contributed by atoms with Gasteiger partial charge in [0, 0.05) is 30.3 Å². The van der Waals surface area contributed by atoms with Gasteiger partial charge in [-0.15, -0.1) is 0 Å². The summed E-state index contributed by atoms with van der Waals surface area (Å²) in [7, 11) is 2.04. The summed E-state index contributed by atoms with van der Waals surface area (Å²) in [6, 6.07) is 9.17. The third kappa shape index (κ3) is 3.21. The molecule has 0 spiro atoms. The summed E-state index contributed by atoms with van der Waals surface area (Å²) in [4.78, 5) is 11.8. The second-order valence-electron chi connectivity index (χ2n) is 7.17. The Labute approximate surface area is 149 Å². The van der Waals surface area contributed by atoms with E-state index in [4.69, 9.17) is 10.7 Å². The summed E-state index contributed by atoms with van der Waals surface area (Å²) in [5.74, 6) is 1.44. The summed E-state index contributed by atoms with van der Waals surface area (Å²) in [6.45, 7) is 2.01. The van der Waals surface area contributed by atoms with Gasteiger partial charge in [0.25, 0.3) is 0 Å². The lowest BCUT2D eigenvalue weighted by molar-refractivity contribution is 0.616. The Kier molecular flexibility index (Phi) is 4.57. The van der Waals surface area contributed by atoms with Crippen LogP contribution < -0.4 is 16.0 Å². The molecular weight excluding hydrogens is 310 g/mol. The van der Waals surface area contributed by atoms with Gasteiger partial charge in [0.2, 0.25) is 5.95 Å². The molecule has 1 aliphatic heterocycles. The predicted molar refractivity (Wildman–Crippen MR) is 103 cm³/mol. The highest BCUT2D eigenvalue weighted by atomic mass is 15.2. The van der Waals surface area contributed by atoms with Gasteiger partial charge in [-0.1, -0.05) is 30.7 Å². The minimum absolute atomic E-state index is 0.385. The molecule has 0 amide bonds. The first-order valence-corrected chi connectivity index (χ1v) is 9.43. The number of nitrogens with two attached hydrogens (primary N) is 1. The van der Waals surface area contributed by atoms with E-state index in [-0.39, 0.29) is 0 Å². The molecular formula is C20H27N5. The molecule has 1 fully saturated rings. The Hall–Kier alpha value is -2.14. The van der Waals surface area contributed by atoms with Crippen LogP contribution in [0.3, 0.4) is 0 Å². The fourth-order valence-corrected chi connectivity index (χ4v) is 4.16. The number of hydrogen-bond donors (Lipinski definition) is 2. The van der Waals surface area contributed by atoms with E-state index < -0.39 is 0 Å². The Balaban J connectivity index is 1.84. The fraction of sp³-hybridized carbons (Fsp3) is 0.500. The maximum absolute atomic E-state index is 6.14. The van der Waals surface area contributed by atoms with Crippen molar-refractivity contribution in [3.8, 4) is 11.3 Å². The van der Waals surface area contributed by atoms with E-state index in [9.17, 15) is 0 Å². The Morgan fingerprint density at radius 2 is 1.96 bits per heavy atom. The summed E-state index contributed by atoms with van der Waals surface area (Å²) >= 11 is 0. The molecule has 0 unspecified atom stereocenters. The van der Waals surface area contributed by atoms with Gasteiger partial charge in [-0.2, -0.15) is 4.98 Å². The van der Waals surface area contributed by atoms with Crippen LogP contribution in [0.5, 0.6) is 0 Å². The number of hydrogen-bond acceptors (Lipinski definition) is 5. The zero-order valence-corrected chi connectivity index (χ0v) is 15.0. The highest BCUT2D eigenvalue weighted by Crippen LogP contribution is 2.35. The van der Waals surface area contributed by atoms with Crippen molar-refractivity contribution >= 4 is 11.8 Å². The van der Waals surface area contributed by atoms with Crippen LogP contribution in [0.25, 0.3) is 11.3 Å². The lowest BCUT2D eigenvalue weighted by Crippen LogP contribution is -2.30. The average Bonchev–Trinajstić information content (AvgIpc) is 3.13. The summed E-state index contributed by atoms with van der Waals surface area (Å²) in [5, 5.41) is 3.39. The van der Waals surface area contributed by atoms with Gasteiger partial charge in [-0.25, -0.2) is 4.98 Å².